The Balaban J connectivity index is 1.93. The second-order valence-corrected chi connectivity index (χ2v) is 5.41. The highest BCUT2D eigenvalue weighted by Gasteiger charge is 2.42. The topological polar surface area (TPSA) is 172 Å². The first-order valence-corrected chi connectivity index (χ1v) is 7.47. The number of hydrogen-bond acceptors (Lipinski definition) is 9. The Kier molecular flexibility index (Phi) is 3.89. The number of fused-ring (bicyclic) bond motifs is 1. The van der Waals surface area contributed by atoms with Gasteiger partial charge in [0.1, 0.15) is 24.0 Å². The van der Waals surface area contributed by atoms with Gasteiger partial charge in [-0.2, -0.15) is 9.97 Å². The molecule has 1 saturated heterocycles. The lowest BCUT2D eigenvalue weighted by molar-refractivity contribution is -0.0394. The van der Waals surface area contributed by atoms with Crippen LogP contribution < -0.4 is 11.5 Å². The van der Waals surface area contributed by atoms with Gasteiger partial charge in [-0.25, -0.2) is 4.98 Å². The van der Waals surface area contributed by atoms with Crippen molar-refractivity contribution < 1.29 is 23.8 Å². The predicted octanol–water partition coefficient (Wildman–Crippen LogP) is -0.695. The summed E-state index contributed by atoms with van der Waals surface area (Å²) >= 11 is 0. The first kappa shape index (κ1) is 15.0. The summed E-state index contributed by atoms with van der Waals surface area (Å²) in [6, 6.07) is 0. The van der Waals surface area contributed by atoms with Crippen molar-refractivity contribution >= 4 is 31.2 Å². The molecular formula is C10H14N6O5P+. The van der Waals surface area contributed by atoms with Crippen LogP contribution in [0.5, 0.6) is 0 Å². The van der Waals surface area contributed by atoms with E-state index in [1.807, 2.05) is 0 Å². The summed E-state index contributed by atoms with van der Waals surface area (Å²) in [5.41, 5.74) is 12.1. The minimum Gasteiger partial charge on any atom is -0.394 e. The van der Waals surface area contributed by atoms with Crippen LogP contribution >= 0.6 is 8.25 Å². The Bertz CT molecular complexity index is 723. The van der Waals surface area contributed by atoms with Crippen molar-refractivity contribution in [3.05, 3.63) is 6.33 Å². The number of nitrogens with zero attached hydrogens (tertiary/aromatic N) is 4. The molecule has 3 heterocycles. The highest BCUT2D eigenvalue weighted by molar-refractivity contribution is 7.32. The van der Waals surface area contributed by atoms with E-state index in [0.29, 0.717) is 11.2 Å². The molecule has 1 aliphatic rings. The molecule has 2 aromatic heterocycles. The smallest absolute Gasteiger partial charge is 0.394 e. The van der Waals surface area contributed by atoms with Gasteiger partial charge in [0.15, 0.2) is 11.5 Å². The molecule has 0 amide bonds. The molecule has 3 unspecified atom stereocenters. The van der Waals surface area contributed by atoms with Crippen molar-refractivity contribution in [1.29, 1.82) is 0 Å². The number of anilines is 2. The Morgan fingerprint density at radius 3 is 2.95 bits per heavy atom. The van der Waals surface area contributed by atoms with Crippen LogP contribution in [0.1, 0.15) is 12.6 Å². The first-order valence-electron chi connectivity index (χ1n) is 6.34. The fourth-order valence-electron chi connectivity index (χ4n) is 2.43. The predicted molar refractivity (Wildman–Crippen MR) is 74.5 cm³/mol. The summed E-state index contributed by atoms with van der Waals surface area (Å²) < 4.78 is 22.9. The molecule has 11 nitrogen and oxygen atoms in total. The van der Waals surface area contributed by atoms with Crippen molar-refractivity contribution in [3.63, 3.8) is 0 Å². The van der Waals surface area contributed by atoms with Crippen LogP contribution in [0.15, 0.2) is 6.33 Å². The second-order valence-electron chi connectivity index (χ2n) is 4.72. The zero-order valence-corrected chi connectivity index (χ0v) is 12.1. The molecule has 0 aliphatic carbocycles. The molecule has 6 N–H and O–H groups in total. The monoisotopic (exact) mass is 329 g/mol. The molecule has 12 heteroatoms. The third kappa shape index (κ3) is 2.60. The van der Waals surface area contributed by atoms with Gasteiger partial charge in [-0.1, -0.05) is 0 Å². The largest absolute Gasteiger partial charge is 0.695 e. The highest BCUT2D eigenvalue weighted by Crippen LogP contribution is 2.36. The van der Waals surface area contributed by atoms with E-state index in [4.69, 9.17) is 25.6 Å². The molecule has 3 rings (SSSR count). The number of ether oxygens (including phenoxy) is 1. The molecule has 118 valence electrons. The lowest BCUT2D eigenvalue weighted by Gasteiger charge is -2.13. The Morgan fingerprint density at radius 2 is 2.27 bits per heavy atom. The van der Waals surface area contributed by atoms with E-state index in [2.05, 4.69) is 15.0 Å². The molecular weight excluding hydrogens is 315 g/mol. The summed E-state index contributed by atoms with van der Waals surface area (Å²) in [5.74, 6) is 0.138. The molecule has 0 spiro atoms. The second kappa shape index (κ2) is 5.71. The van der Waals surface area contributed by atoms with Crippen molar-refractivity contribution in [2.24, 2.45) is 0 Å². The van der Waals surface area contributed by atoms with E-state index in [9.17, 15) is 9.67 Å². The molecule has 22 heavy (non-hydrogen) atoms. The highest BCUT2D eigenvalue weighted by atomic mass is 31.1. The van der Waals surface area contributed by atoms with Gasteiger partial charge in [-0.3, -0.25) is 4.57 Å². The number of imidazole rings is 1. The average Bonchev–Trinajstić information content (AvgIpc) is 3.01. The van der Waals surface area contributed by atoms with E-state index >= 15 is 0 Å². The number of hydrogen-bond donors (Lipinski definition) is 4. The molecule has 0 aromatic carbocycles. The maximum Gasteiger partial charge on any atom is 0.695 e. The third-order valence-electron chi connectivity index (χ3n) is 3.36. The minimum atomic E-state index is -2.80. The minimum absolute atomic E-state index is 0.00491. The lowest BCUT2D eigenvalue weighted by atomic mass is 10.2. The van der Waals surface area contributed by atoms with E-state index in [0.717, 1.165) is 0 Å². The number of aromatic nitrogens is 4. The fraction of sp³-hybridized carbons (Fsp3) is 0.500. The average molecular weight is 329 g/mol. The summed E-state index contributed by atoms with van der Waals surface area (Å²) in [6.45, 7) is -0.351. The first-order chi connectivity index (χ1) is 10.5. The van der Waals surface area contributed by atoms with Gasteiger partial charge < -0.3 is 21.3 Å². The number of aliphatic hydroxyl groups is 1. The summed E-state index contributed by atoms with van der Waals surface area (Å²) in [4.78, 5) is 20.9. The third-order valence-corrected chi connectivity index (χ3v) is 3.81. The van der Waals surface area contributed by atoms with Gasteiger partial charge in [-0.15, -0.1) is 9.42 Å². The van der Waals surface area contributed by atoms with Gasteiger partial charge in [-0.05, 0) is 0 Å². The normalized spacial score (nSPS) is 25.7. The Hall–Kier alpha value is -1.91. The Labute approximate surface area is 124 Å². The number of aliphatic hydroxyl groups excluding tert-OH is 1. The standard InChI is InChI=1S/C10H13N6O5P/c11-8-7-9(15-10(12)14-8)16(3-13-7)6-1-4(21-22(18)19)5(2-17)20-6/h3-6,17H,1-2H2,(H4-,11,12,14,15,18,19)/p+1/t4?,5?,6-/m1/s1. The van der Waals surface area contributed by atoms with Gasteiger partial charge in [0.05, 0.1) is 12.9 Å². The van der Waals surface area contributed by atoms with Crippen LogP contribution in [0, 0.1) is 0 Å². The van der Waals surface area contributed by atoms with Crippen molar-refractivity contribution in [2.75, 3.05) is 18.1 Å². The van der Waals surface area contributed by atoms with Gasteiger partial charge in [0.25, 0.3) is 0 Å². The molecule has 1 fully saturated rings. The number of rotatable bonds is 4. The van der Waals surface area contributed by atoms with Crippen LogP contribution in [0.4, 0.5) is 11.8 Å². The molecule has 2 aromatic rings. The van der Waals surface area contributed by atoms with Crippen molar-refractivity contribution in [2.45, 2.75) is 24.9 Å². The maximum atomic E-state index is 10.8. The molecule has 0 saturated carbocycles. The van der Waals surface area contributed by atoms with E-state index in [-0.39, 0.29) is 24.8 Å². The molecule has 1 aliphatic heterocycles. The van der Waals surface area contributed by atoms with Crippen LogP contribution in [0.25, 0.3) is 11.2 Å². The van der Waals surface area contributed by atoms with Crippen LogP contribution in [0.2, 0.25) is 0 Å². The molecule has 0 radical (unpaired) electrons. The van der Waals surface area contributed by atoms with Crippen LogP contribution in [0.3, 0.4) is 0 Å². The van der Waals surface area contributed by atoms with E-state index in [1.165, 1.54) is 6.33 Å². The Morgan fingerprint density at radius 1 is 1.50 bits per heavy atom. The van der Waals surface area contributed by atoms with E-state index < -0.39 is 26.7 Å². The van der Waals surface area contributed by atoms with Crippen LogP contribution in [-0.4, -0.2) is 48.3 Å². The molecule has 4 atom stereocenters. The molecule has 0 bridgehead atoms. The quantitative estimate of drug-likeness (QED) is 0.526. The fourth-order valence-corrected chi connectivity index (χ4v) is 2.88. The van der Waals surface area contributed by atoms with Crippen molar-refractivity contribution in [1.82, 2.24) is 19.5 Å². The van der Waals surface area contributed by atoms with Crippen LogP contribution in [-0.2, 0) is 13.8 Å². The SMILES string of the molecule is Nc1nc(N)c2ncn([C@H]3CC(O[P+](=O)O)C(CO)O3)c2n1. The maximum absolute atomic E-state index is 10.8. The van der Waals surface area contributed by atoms with Gasteiger partial charge >= 0.3 is 8.25 Å². The summed E-state index contributed by atoms with van der Waals surface area (Å²) in [5, 5.41) is 9.29. The summed E-state index contributed by atoms with van der Waals surface area (Å²) in [7, 11) is -2.80. The zero-order valence-electron chi connectivity index (χ0n) is 11.2. The number of nitrogen functional groups attached to an aromatic ring is 2. The van der Waals surface area contributed by atoms with Gasteiger partial charge in [0.2, 0.25) is 5.95 Å². The zero-order chi connectivity index (χ0) is 15.9. The van der Waals surface area contributed by atoms with Crippen molar-refractivity contribution in [3.8, 4) is 0 Å². The summed E-state index contributed by atoms with van der Waals surface area (Å²) in [6.07, 6.45) is -0.351. The van der Waals surface area contributed by atoms with Gasteiger partial charge in [0, 0.05) is 11.0 Å². The lowest BCUT2D eigenvalue weighted by Crippen LogP contribution is -2.25. The van der Waals surface area contributed by atoms with E-state index in [1.54, 1.807) is 4.57 Å². The number of nitrogens with two attached hydrogens (primary N) is 2.